The molecule has 2 aromatic rings. The molecule has 1 aliphatic carbocycles. The Hall–Kier alpha value is -2.67. The Labute approximate surface area is 182 Å². The number of aromatic amines is 1. The molecule has 7 heteroatoms. The van der Waals surface area contributed by atoms with E-state index in [4.69, 9.17) is 0 Å². The molecule has 31 heavy (non-hydrogen) atoms. The third kappa shape index (κ3) is 3.65. The fraction of sp³-hybridized carbons (Fsp3) is 0.542. The summed E-state index contributed by atoms with van der Waals surface area (Å²) in [6.45, 7) is 0. The molecule has 164 valence electrons. The molecule has 3 atom stereocenters. The smallest absolute Gasteiger partial charge is 0.272 e. The van der Waals surface area contributed by atoms with E-state index in [-0.39, 0.29) is 36.0 Å². The molecule has 0 spiro atoms. The van der Waals surface area contributed by atoms with E-state index in [1.165, 1.54) is 6.33 Å². The summed E-state index contributed by atoms with van der Waals surface area (Å²) in [5, 5.41) is 13.1. The number of benzene rings is 1. The SMILES string of the molecule is O=C(c1cnc[nH]1)N1[C@@H]2CC[C@H]1[C@@](Cc1ccccc1)(C(=O)NC1CCC(O)CC1)C2. The van der Waals surface area contributed by atoms with Crippen LogP contribution in [0.4, 0.5) is 0 Å². The van der Waals surface area contributed by atoms with Crippen LogP contribution in [0.3, 0.4) is 0 Å². The standard InChI is InChI=1S/C24H30N4O3/c29-19-9-6-17(7-10-19)27-23(31)24(12-16-4-2-1-3-5-16)13-18-8-11-21(24)28(18)22(30)20-14-25-15-26-20/h1-5,14-15,17-19,21,29H,6-13H2,(H,25,26)(H,27,31)/t17?,18-,19?,21+,24+/m1/s1. The van der Waals surface area contributed by atoms with Gasteiger partial charge in [0, 0.05) is 18.1 Å². The van der Waals surface area contributed by atoms with Crippen molar-refractivity contribution in [2.45, 2.75) is 75.6 Å². The number of nitrogens with zero attached hydrogens (tertiary/aromatic N) is 2. The first-order valence-corrected chi connectivity index (χ1v) is 11.4. The zero-order chi connectivity index (χ0) is 21.4. The Morgan fingerprint density at radius 3 is 2.61 bits per heavy atom. The molecule has 3 heterocycles. The molecule has 1 aromatic heterocycles. The third-order valence-corrected chi connectivity index (χ3v) is 7.55. The van der Waals surface area contributed by atoms with Gasteiger partial charge < -0.3 is 20.3 Å². The highest BCUT2D eigenvalue weighted by molar-refractivity contribution is 5.95. The van der Waals surface area contributed by atoms with E-state index in [0.29, 0.717) is 18.5 Å². The second-order valence-corrected chi connectivity index (χ2v) is 9.43. The summed E-state index contributed by atoms with van der Waals surface area (Å²) in [7, 11) is 0. The number of hydrogen-bond donors (Lipinski definition) is 3. The molecule has 3 aliphatic rings. The molecule has 2 aliphatic heterocycles. The van der Waals surface area contributed by atoms with Gasteiger partial charge in [0.15, 0.2) is 0 Å². The highest BCUT2D eigenvalue weighted by atomic mass is 16.3. The molecule has 1 aromatic carbocycles. The van der Waals surface area contributed by atoms with Crippen molar-refractivity contribution >= 4 is 11.8 Å². The Bertz CT molecular complexity index is 924. The van der Waals surface area contributed by atoms with Crippen LogP contribution in [0.25, 0.3) is 0 Å². The van der Waals surface area contributed by atoms with Crippen molar-refractivity contribution in [3.8, 4) is 0 Å². The predicted octanol–water partition coefficient (Wildman–Crippen LogP) is 2.44. The van der Waals surface area contributed by atoms with Gasteiger partial charge in [-0.2, -0.15) is 0 Å². The summed E-state index contributed by atoms with van der Waals surface area (Å²) in [5.74, 6) is 0.000814. The van der Waals surface area contributed by atoms with E-state index < -0.39 is 5.41 Å². The summed E-state index contributed by atoms with van der Waals surface area (Å²) in [6, 6.07) is 10.2. The van der Waals surface area contributed by atoms with E-state index in [9.17, 15) is 14.7 Å². The maximum atomic E-state index is 13.8. The number of aliphatic hydroxyl groups excluding tert-OH is 1. The molecule has 3 N–H and O–H groups in total. The van der Waals surface area contributed by atoms with E-state index in [2.05, 4.69) is 27.4 Å². The van der Waals surface area contributed by atoms with Gasteiger partial charge in [-0.1, -0.05) is 30.3 Å². The molecular weight excluding hydrogens is 392 g/mol. The van der Waals surface area contributed by atoms with E-state index in [0.717, 1.165) is 44.1 Å². The van der Waals surface area contributed by atoms with Crippen molar-refractivity contribution in [1.82, 2.24) is 20.2 Å². The van der Waals surface area contributed by atoms with E-state index >= 15 is 0 Å². The molecule has 2 amide bonds. The van der Waals surface area contributed by atoms with Gasteiger partial charge in [0.25, 0.3) is 5.91 Å². The van der Waals surface area contributed by atoms with Crippen molar-refractivity contribution in [3.05, 3.63) is 54.1 Å². The van der Waals surface area contributed by atoms with Gasteiger partial charge >= 0.3 is 0 Å². The van der Waals surface area contributed by atoms with Gasteiger partial charge in [-0.25, -0.2) is 4.98 Å². The number of rotatable bonds is 5. The summed E-state index contributed by atoms with van der Waals surface area (Å²) < 4.78 is 0. The second-order valence-electron chi connectivity index (χ2n) is 9.43. The van der Waals surface area contributed by atoms with Gasteiger partial charge in [-0.05, 0) is 56.9 Å². The zero-order valence-corrected chi connectivity index (χ0v) is 17.7. The van der Waals surface area contributed by atoms with Crippen LogP contribution in [0.15, 0.2) is 42.9 Å². The van der Waals surface area contributed by atoms with Gasteiger partial charge in [-0.15, -0.1) is 0 Å². The quantitative estimate of drug-likeness (QED) is 0.689. The largest absolute Gasteiger partial charge is 0.393 e. The summed E-state index contributed by atoms with van der Waals surface area (Å²) in [6.07, 6.45) is 8.99. The van der Waals surface area contributed by atoms with Crippen LogP contribution in [-0.2, 0) is 11.2 Å². The highest BCUT2D eigenvalue weighted by Gasteiger charge is 2.61. The van der Waals surface area contributed by atoms with Crippen LogP contribution >= 0.6 is 0 Å². The lowest BCUT2D eigenvalue weighted by atomic mass is 9.69. The number of aromatic nitrogens is 2. The molecular formula is C24H30N4O3. The molecule has 7 nitrogen and oxygen atoms in total. The number of carbonyl (C=O) groups excluding carboxylic acids is 2. The normalized spacial score (nSPS) is 32.2. The van der Waals surface area contributed by atoms with Crippen LogP contribution in [0.5, 0.6) is 0 Å². The maximum absolute atomic E-state index is 13.8. The fourth-order valence-electron chi connectivity index (χ4n) is 6.03. The average Bonchev–Trinajstić information content (AvgIpc) is 3.52. The van der Waals surface area contributed by atoms with E-state index in [1.807, 2.05) is 23.1 Å². The number of amides is 2. The van der Waals surface area contributed by atoms with Crippen LogP contribution < -0.4 is 5.32 Å². The van der Waals surface area contributed by atoms with Crippen molar-refractivity contribution < 1.29 is 14.7 Å². The molecule has 2 bridgehead atoms. The Balaban J connectivity index is 1.43. The molecule has 0 unspecified atom stereocenters. The van der Waals surface area contributed by atoms with Crippen molar-refractivity contribution in [1.29, 1.82) is 0 Å². The maximum Gasteiger partial charge on any atom is 0.272 e. The van der Waals surface area contributed by atoms with E-state index in [1.54, 1.807) is 6.20 Å². The average molecular weight is 423 g/mol. The molecule has 3 fully saturated rings. The Kier molecular flexibility index (Phi) is 5.30. The lowest BCUT2D eigenvalue weighted by Crippen LogP contribution is -2.54. The summed E-state index contributed by atoms with van der Waals surface area (Å²) >= 11 is 0. The predicted molar refractivity (Wildman–Crippen MR) is 115 cm³/mol. The lowest BCUT2D eigenvalue weighted by Gasteiger charge is -2.38. The van der Waals surface area contributed by atoms with Crippen molar-refractivity contribution in [2.75, 3.05) is 0 Å². The Morgan fingerprint density at radius 2 is 1.90 bits per heavy atom. The summed E-state index contributed by atoms with van der Waals surface area (Å²) in [4.78, 5) is 36.0. The zero-order valence-electron chi connectivity index (χ0n) is 17.7. The minimum Gasteiger partial charge on any atom is -0.393 e. The fourth-order valence-corrected chi connectivity index (χ4v) is 6.03. The molecule has 1 saturated carbocycles. The molecule has 2 saturated heterocycles. The van der Waals surface area contributed by atoms with Gasteiger partial charge in [0.1, 0.15) is 5.69 Å². The monoisotopic (exact) mass is 422 g/mol. The van der Waals surface area contributed by atoms with Gasteiger partial charge in [0.2, 0.25) is 5.91 Å². The number of H-pyrrole nitrogens is 1. The first kappa shape index (κ1) is 20.2. The van der Waals surface area contributed by atoms with Crippen LogP contribution in [0, 0.1) is 5.41 Å². The van der Waals surface area contributed by atoms with Crippen LogP contribution in [0.1, 0.15) is 61.0 Å². The number of aliphatic hydroxyl groups is 1. The van der Waals surface area contributed by atoms with Gasteiger partial charge in [0.05, 0.1) is 24.0 Å². The molecule has 5 rings (SSSR count). The first-order chi connectivity index (χ1) is 15.1. The minimum atomic E-state index is -0.629. The number of imidazole rings is 1. The third-order valence-electron chi connectivity index (χ3n) is 7.55. The minimum absolute atomic E-state index is 0.0616. The number of nitrogens with one attached hydrogen (secondary N) is 2. The highest BCUT2D eigenvalue weighted by Crippen LogP contribution is 2.52. The summed E-state index contributed by atoms with van der Waals surface area (Å²) in [5.41, 5.74) is 0.975. The first-order valence-electron chi connectivity index (χ1n) is 11.4. The number of carbonyl (C=O) groups is 2. The van der Waals surface area contributed by atoms with Crippen LogP contribution in [-0.4, -0.2) is 56.0 Å². The molecule has 0 radical (unpaired) electrons. The number of fused-ring (bicyclic) bond motifs is 2. The van der Waals surface area contributed by atoms with Gasteiger partial charge in [-0.3, -0.25) is 9.59 Å². The topological polar surface area (TPSA) is 98.3 Å². The number of hydrogen-bond acceptors (Lipinski definition) is 4. The van der Waals surface area contributed by atoms with Crippen molar-refractivity contribution in [3.63, 3.8) is 0 Å². The Morgan fingerprint density at radius 1 is 1.13 bits per heavy atom. The lowest BCUT2D eigenvalue weighted by molar-refractivity contribution is -0.134. The van der Waals surface area contributed by atoms with Crippen LogP contribution in [0.2, 0.25) is 0 Å². The van der Waals surface area contributed by atoms with Crippen molar-refractivity contribution in [2.24, 2.45) is 5.41 Å². The second kappa shape index (κ2) is 8.11.